The van der Waals surface area contributed by atoms with Crippen LogP contribution in [0.4, 0.5) is 17.2 Å². The van der Waals surface area contributed by atoms with Gasteiger partial charge >= 0.3 is 0 Å². The number of aryl methyl sites for hydroxylation is 1. The average Bonchev–Trinajstić information content (AvgIpc) is 2.69. The van der Waals surface area contributed by atoms with E-state index in [0.29, 0.717) is 29.7 Å². The Labute approximate surface area is 163 Å². The molecule has 1 aromatic heterocycles. The largest absolute Gasteiger partial charge is 0.495 e. The Hall–Kier alpha value is -3.61. The third-order valence-corrected chi connectivity index (χ3v) is 3.86. The number of anilines is 3. The average molecular weight is 378 g/mol. The van der Waals surface area contributed by atoms with Gasteiger partial charge in [0.2, 0.25) is 0 Å². The summed E-state index contributed by atoms with van der Waals surface area (Å²) in [6.45, 7) is 4.25. The molecule has 1 heterocycles. The normalized spacial score (nSPS) is 10.2. The first-order chi connectivity index (χ1) is 13.6. The molecule has 2 N–H and O–H groups in total. The summed E-state index contributed by atoms with van der Waals surface area (Å²) in [5.41, 5.74) is 1.67. The summed E-state index contributed by atoms with van der Waals surface area (Å²) in [7, 11) is 1.60. The standard InChI is InChI=1S/C21H22N4O3/c1-4-28-16-11-9-15(10-12-16)24-21(26)18-13-20(23-14(2)22-18)25-17-7-5-6-8-19(17)27-3/h5-13H,4H2,1-3H3,(H,24,26)(H,22,23,25). The second kappa shape index (κ2) is 8.85. The second-order valence-electron chi connectivity index (χ2n) is 5.92. The van der Waals surface area contributed by atoms with Gasteiger partial charge in [-0.3, -0.25) is 4.79 Å². The van der Waals surface area contributed by atoms with Crippen LogP contribution in [0, 0.1) is 6.92 Å². The fourth-order valence-corrected chi connectivity index (χ4v) is 2.63. The third-order valence-electron chi connectivity index (χ3n) is 3.86. The van der Waals surface area contributed by atoms with Gasteiger partial charge < -0.3 is 20.1 Å². The van der Waals surface area contributed by atoms with Gasteiger partial charge in [-0.1, -0.05) is 12.1 Å². The maximum atomic E-state index is 12.6. The first-order valence-electron chi connectivity index (χ1n) is 8.89. The lowest BCUT2D eigenvalue weighted by atomic mass is 10.2. The number of hydrogen-bond donors (Lipinski definition) is 2. The first-order valence-corrected chi connectivity index (χ1v) is 8.89. The number of methoxy groups -OCH3 is 1. The van der Waals surface area contributed by atoms with E-state index in [9.17, 15) is 4.79 Å². The summed E-state index contributed by atoms with van der Waals surface area (Å²) in [6, 6.07) is 16.3. The Balaban J connectivity index is 1.77. The van der Waals surface area contributed by atoms with Gasteiger partial charge in [0.15, 0.2) is 0 Å². The molecule has 0 bridgehead atoms. The van der Waals surface area contributed by atoms with E-state index >= 15 is 0 Å². The molecular formula is C21H22N4O3. The summed E-state index contributed by atoms with van der Waals surface area (Å²) in [5.74, 6) is 2.10. The molecule has 7 heteroatoms. The van der Waals surface area contributed by atoms with E-state index in [0.717, 1.165) is 11.4 Å². The van der Waals surface area contributed by atoms with E-state index in [4.69, 9.17) is 9.47 Å². The van der Waals surface area contributed by atoms with Gasteiger partial charge in [0, 0.05) is 11.8 Å². The highest BCUT2D eigenvalue weighted by Gasteiger charge is 2.12. The molecular weight excluding hydrogens is 356 g/mol. The lowest BCUT2D eigenvalue weighted by Gasteiger charge is -2.12. The molecule has 1 amide bonds. The minimum atomic E-state index is -0.322. The molecule has 0 spiro atoms. The van der Waals surface area contributed by atoms with Crippen molar-refractivity contribution >= 4 is 23.1 Å². The molecule has 7 nitrogen and oxygen atoms in total. The van der Waals surface area contributed by atoms with Crippen LogP contribution in [0.25, 0.3) is 0 Å². The molecule has 0 fully saturated rings. The van der Waals surface area contributed by atoms with E-state index in [1.54, 1.807) is 44.4 Å². The monoisotopic (exact) mass is 378 g/mol. The Morgan fingerprint density at radius 1 is 1.07 bits per heavy atom. The number of hydrogen-bond acceptors (Lipinski definition) is 6. The molecule has 2 aromatic carbocycles. The molecule has 0 radical (unpaired) electrons. The van der Waals surface area contributed by atoms with Crippen molar-refractivity contribution in [2.24, 2.45) is 0 Å². The van der Waals surface area contributed by atoms with Gasteiger partial charge in [-0.25, -0.2) is 9.97 Å². The predicted molar refractivity (Wildman–Crippen MR) is 109 cm³/mol. The molecule has 0 saturated carbocycles. The molecule has 0 unspecified atom stereocenters. The minimum absolute atomic E-state index is 0.263. The van der Waals surface area contributed by atoms with E-state index in [1.165, 1.54) is 0 Å². The smallest absolute Gasteiger partial charge is 0.274 e. The highest BCUT2D eigenvalue weighted by Crippen LogP contribution is 2.26. The lowest BCUT2D eigenvalue weighted by molar-refractivity contribution is 0.102. The second-order valence-corrected chi connectivity index (χ2v) is 5.92. The number of carbonyl (C=O) groups is 1. The van der Waals surface area contributed by atoms with Crippen LogP contribution in [0.3, 0.4) is 0 Å². The molecule has 0 atom stereocenters. The Bertz CT molecular complexity index is 958. The highest BCUT2D eigenvalue weighted by molar-refractivity contribution is 6.03. The number of carbonyl (C=O) groups excluding carboxylic acids is 1. The fraction of sp³-hybridized carbons (Fsp3) is 0.190. The van der Waals surface area contributed by atoms with Gasteiger partial charge in [0.05, 0.1) is 19.4 Å². The number of nitrogens with one attached hydrogen (secondary N) is 2. The van der Waals surface area contributed by atoms with Crippen LogP contribution in [-0.4, -0.2) is 29.6 Å². The van der Waals surface area contributed by atoms with Gasteiger partial charge in [-0.2, -0.15) is 0 Å². The molecule has 3 aromatic rings. The summed E-state index contributed by atoms with van der Waals surface area (Å²) in [5, 5.41) is 6.00. The molecule has 0 aliphatic carbocycles. The molecule has 144 valence electrons. The molecule has 28 heavy (non-hydrogen) atoms. The SMILES string of the molecule is CCOc1ccc(NC(=O)c2cc(Nc3ccccc3OC)nc(C)n2)cc1. The van der Waals surface area contributed by atoms with Crippen LogP contribution in [-0.2, 0) is 0 Å². The zero-order valence-corrected chi connectivity index (χ0v) is 16.0. The van der Waals surface area contributed by atoms with Gasteiger partial charge in [-0.05, 0) is 50.2 Å². The van der Waals surface area contributed by atoms with Crippen molar-refractivity contribution in [1.82, 2.24) is 9.97 Å². The van der Waals surface area contributed by atoms with Crippen molar-refractivity contribution < 1.29 is 14.3 Å². The zero-order valence-electron chi connectivity index (χ0n) is 16.0. The van der Waals surface area contributed by atoms with Crippen molar-refractivity contribution in [3.63, 3.8) is 0 Å². The van der Waals surface area contributed by atoms with E-state index in [2.05, 4.69) is 20.6 Å². The summed E-state index contributed by atoms with van der Waals surface area (Å²) < 4.78 is 10.7. The number of benzene rings is 2. The number of aromatic nitrogens is 2. The van der Waals surface area contributed by atoms with Crippen LogP contribution in [0.5, 0.6) is 11.5 Å². The minimum Gasteiger partial charge on any atom is -0.495 e. The first kappa shape index (κ1) is 19.2. The molecule has 0 saturated heterocycles. The zero-order chi connectivity index (χ0) is 19.9. The summed E-state index contributed by atoms with van der Waals surface area (Å²) >= 11 is 0. The molecule has 3 rings (SSSR count). The summed E-state index contributed by atoms with van der Waals surface area (Å²) in [4.78, 5) is 21.2. The topological polar surface area (TPSA) is 85.4 Å². The number of amides is 1. The Morgan fingerprint density at radius 3 is 2.54 bits per heavy atom. The Morgan fingerprint density at radius 2 is 1.82 bits per heavy atom. The Kier molecular flexibility index (Phi) is 6.06. The highest BCUT2D eigenvalue weighted by atomic mass is 16.5. The van der Waals surface area contributed by atoms with Crippen molar-refractivity contribution in [3.05, 3.63) is 66.1 Å². The number of para-hydroxylation sites is 2. The van der Waals surface area contributed by atoms with Crippen molar-refractivity contribution in [2.75, 3.05) is 24.4 Å². The lowest BCUT2D eigenvalue weighted by Crippen LogP contribution is -2.15. The van der Waals surface area contributed by atoms with Crippen LogP contribution < -0.4 is 20.1 Å². The van der Waals surface area contributed by atoms with Crippen molar-refractivity contribution in [3.8, 4) is 11.5 Å². The van der Waals surface area contributed by atoms with Crippen LogP contribution in [0.1, 0.15) is 23.2 Å². The maximum Gasteiger partial charge on any atom is 0.274 e. The van der Waals surface area contributed by atoms with Crippen molar-refractivity contribution in [1.29, 1.82) is 0 Å². The molecule has 0 aliphatic rings. The van der Waals surface area contributed by atoms with E-state index in [1.807, 2.05) is 31.2 Å². The van der Waals surface area contributed by atoms with Gasteiger partial charge in [0.1, 0.15) is 28.8 Å². The van der Waals surface area contributed by atoms with Crippen LogP contribution in [0.15, 0.2) is 54.6 Å². The third kappa shape index (κ3) is 4.76. The van der Waals surface area contributed by atoms with Crippen LogP contribution >= 0.6 is 0 Å². The summed E-state index contributed by atoms with van der Waals surface area (Å²) in [6.07, 6.45) is 0. The number of ether oxygens (including phenoxy) is 2. The fourth-order valence-electron chi connectivity index (χ4n) is 2.63. The quantitative estimate of drug-likeness (QED) is 0.641. The van der Waals surface area contributed by atoms with E-state index in [-0.39, 0.29) is 11.6 Å². The van der Waals surface area contributed by atoms with Gasteiger partial charge in [0.25, 0.3) is 5.91 Å². The number of rotatable bonds is 7. The van der Waals surface area contributed by atoms with Crippen LogP contribution in [0.2, 0.25) is 0 Å². The van der Waals surface area contributed by atoms with Gasteiger partial charge in [-0.15, -0.1) is 0 Å². The maximum absolute atomic E-state index is 12.6. The van der Waals surface area contributed by atoms with E-state index < -0.39 is 0 Å². The predicted octanol–water partition coefficient (Wildman–Crippen LogP) is 4.19. The number of nitrogens with zero attached hydrogens (tertiary/aromatic N) is 2. The van der Waals surface area contributed by atoms with Crippen molar-refractivity contribution in [2.45, 2.75) is 13.8 Å². The molecule has 0 aliphatic heterocycles.